The van der Waals surface area contributed by atoms with Crippen LogP contribution < -0.4 is 0 Å². The van der Waals surface area contributed by atoms with Crippen LogP contribution in [0.3, 0.4) is 0 Å². The molecule has 1 heteroatoms. The Labute approximate surface area is 69.1 Å². The normalized spacial score (nSPS) is 43.9. The number of hydrogen-bond acceptors (Lipinski definition) is 1. The molecule has 11 heavy (non-hydrogen) atoms. The fourth-order valence-corrected chi connectivity index (χ4v) is 2.39. The number of ether oxygens (including phenoxy) is 1. The van der Waals surface area contributed by atoms with Gasteiger partial charge in [-0.25, -0.2) is 0 Å². The summed E-state index contributed by atoms with van der Waals surface area (Å²) >= 11 is 0. The van der Waals surface area contributed by atoms with Gasteiger partial charge >= 0.3 is 0 Å². The molecule has 2 unspecified atom stereocenters. The Balaban J connectivity index is 1.93. The van der Waals surface area contributed by atoms with Gasteiger partial charge in [0.2, 0.25) is 0 Å². The van der Waals surface area contributed by atoms with E-state index in [9.17, 15) is 0 Å². The minimum Gasteiger partial charge on any atom is -0.366 e. The lowest BCUT2D eigenvalue weighted by Crippen LogP contribution is -2.15. The summed E-state index contributed by atoms with van der Waals surface area (Å²) in [5.74, 6) is 0. The molecule has 1 heterocycles. The van der Waals surface area contributed by atoms with Gasteiger partial charge in [0, 0.05) is 0 Å². The lowest BCUT2D eigenvalue weighted by atomic mass is 9.89. The molecule has 0 radical (unpaired) electrons. The van der Waals surface area contributed by atoms with Crippen LogP contribution in [0.25, 0.3) is 0 Å². The largest absolute Gasteiger partial charge is 0.366 e. The predicted molar refractivity (Wildman–Crippen MR) is 45.6 cm³/mol. The molecular formula is C10H18O. The van der Waals surface area contributed by atoms with E-state index in [0.717, 1.165) is 0 Å². The minimum atomic E-state index is 0.362. The molecule has 1 aliphatic heterocycles. The molecule has 2 atom stereocenters. The average molecular weight is 154 g/mol. The first-order valence-corrected chi connectivity index (χ1v) is 5.05. The number of fused-ring (bicyclic) bond motifs is 1. The average Bonchev–Trinajstić information content (AvgIpc) is 2.64. The van der Waals surface area contributed by atoms with Gasteiger partial charge < -0.3 is 4.74 Å². The summed E-state index contributed by atoms with van der Waals surface area (Å²) in [5.41, 5.74) is 0.362. The molecule has 0 N–H and O–H groups in total. The van der Waals surface area contributed by atoms with Crippen LogP contribution >= 0.6 is 0 Å². The van der Waals surface area contributed by atoms with Crippen LogP contribution in [0.15, 0.2) is 0 Å². The first-order chi connectivity index (χ1) is 5.37. The molecule has 2 rings (SSSR count). The number of epoxide rings is 1. The molecule has 0 aromatic carbocycles. The summed E-state index contributed by atoms with van der Waals surface area (Å²) in [6.45, 7) is 2.27. The van der Waals surface area contributed by atoms with Crippen molar-refractivity contribution in [1.82, 2.24) is 0 Å². The van der Waals surface area contributed by atoms with Crippen LogP contribution in [0.4, 0.5) is 0 Å². The van der Waals surface area contributed by atoms with E-state index in [1.54, 1.807) is 0 Å². The maximum atomic E-state index is 5.77. The van der Waals surface area contributed by atoms with Crippen LogP contribution in [0.1, 0.15) is 51.9 Å². The zero-order valence-electron chi connectivity index (χ0n) is 7.44. The van der Waals surface area contributed by atoms with Gasteiger partial charge in [-0.1, -0.05) is 32.6 Å². The Morgan fingerprint density at radius 3 is 2.91 bits per heavy atom. The molecule has 0 amide bonds. The second-order valence-corrected chi connectivity index (χ2v) is 3.98. The Morgan fingerprint density at radius 1 is 1.27 bits per heavy atom. The van der Waals surface area contributed by atoms with Crippen LogP contribution in [-0.2, 0) is 4.74 Å². The molecule has 1 aliphatic carbocycles. The van der Waals surface area contributed by atoms with E-state index in [1.807, 2.05) is 0 Å². The lowest BCUT2D eigenvalue weighted by Gasteiger charge is -2.12. The van der Waals surface area contributed by atoms with Crippen molar-refractivity contribution in [3.63, 3.8) is 0 Å². The predicted octanol–water partition coefficient (Wildman–Crippen LogP) is 2.89. The van der Waals surface area contributed by atoms with Gasteiger partial charge in [-0.3, -0.25) is 0 Å². The SMILES string of the molecule is CCC12CCCCCCC1O2. The van der Waals surface area contributed by atoms with Gasteiger partial charge in [0.15, 0.2) is 0 Å². The van der Waals surface area contributed by atoms with Crippen molar-refractivity contribution < 1.29 is 4.74 Å². The van der Waals surface area contributed by atoms with Crippen LogP contribution in [0.5, 0.6) is 0 Å². The van der Waals surface area contributed by atoms with Crippen molar-refractivity contribution in [2.75, 3.05) is 0 Å². The highest BCUT2D eigenvalue weighted by atomic mass is 16.6. The monoisotopic (exact) mass is 154 g/mol. The molecule has 64 valence electrons. The van der Waals surface area contributed by atoms with Gasteiger partial charge in [-0.2, -0.15) is 0 Å². The van der Waals surface area contributed by atoms with Crippen molar-refractivity contribution in [1.29, 1.82) is 0 Å². The second kappa shape index (κ2) is 2.78. The topological polar surface area (TPSA) is 12.5 Å². The van der Waals surface area contributed by atoms with Gasteiger partial charge in [0.25, 0.3) is 0 Å². The zero-order valence-corrected chi connectivity index (χ0v) is 7.44. The smallest absolute Gasteiger partial charge is 0.0945 e. The Morgan fingerprint density at radius 2 is 2.09 bits per heavy atom. The molecule has 1 saturated heterocycles. The number of hydrogen-bond donors (Lipinski definition) is 0. The molecule has 0 bridgehead atoms. The van der Waals surface area contributed by atoms with Gasteiger partial charge in [-0.15, -0.1) is 0 Å². The third kappa shape index (κ3) is 1.31. The van der Waals surface area contributed by atoms with E-state index >= 15 is 0 Å². The van der Waals surface area contributed by atoms with E-state index < -0.39 is 0 Å². The van der Waals surface area contributed by atoms with Crippen molar-refractivity contribution in [2.45, 2.75) is 63.6 Å². The van der Waals surface area contributed by atoms with Crippen LogP contribution in [0, 0.1) is 0 Å². The second-order valence-electron chi connectivity index (χ2n) is 3.98. The van der Waals surface area contributed by atoms with Crippen molar-refractivity contribution in [2.24, 2.45) is 0 Å². The first-order valence-electron chi connectivity index (χ1n) is 5.05. The molecule has 2 aliphatic rings. The summed E-state index contributed by atoms with van der Waals surface area (Å²) < 4.78 is 5.77. The fraction of sp³-hybridized carbons (Fsp3) is 1.00. The maximum absolute atomic E-state index is 5.77. The van der Waals surface area contributed by atoms with Crippen molar-refractivity contribution in [3.05, 3.63) is 0 Å². The fourth-order valence-electron chi connectivity index (χ4n) is 2.39. The van der Waals surface area contributed by atoms with Crippen LogP contribution in [-0.4, -0.2) is 11.7 Å². The van der Waals surface area contributed by atoms with E-state index in [2.05, 4.69) is 6.92 Å². The zero-order chi connectivity index (χ0) is 7.73. The summed E-state index contributed by atoms with van der Waals surface area (Å²) in [5, 5.41) is 0. The highest BCUT2D eigenvalue weighted by Crippen LogP contribution is 2.47. The summed E-state index contributed by atoms with van der Waals surface area (Å²) in [4.78, 5) is 0. The van der Waals surface area contributed by atoms with E-state index in [4.69, 9.17) is 4.74 Å². The maximum Gasteiger partial charge on any atom is 0.0945 e. The molecule has 0 aromatic heterocycles. The molecular weight excluding hydrogens is 136 g/mol. The third-order valence-corrected chi connectivity index (χ3v) is 3.32. The Kier molecular flexibility index (Phi) is 1.92. The van der Waals surface area contributed by atoms with E-state index in [0.29, 0.717) is 11.7 Å². The Hall–Kier alpha value is -0.0400. The highest BCUT2D eigenvalue weighted by Gasteiger charge is 2.53. The summed E-state index contributed by atoms with van der Waals surface area (Å²) in [6, 6.07) is 0. The molecule has 2 fully saturated rings. The lowest BCUT2D eigenvalue weighted by molar-refractivity contribution is 0.270. The van der Waals surface area contributed by atoms with Gasteiger partial charge in [0.1, 0.15) is 0 Å². The molecule has 1 nitrogen and oxygen atoms in total. The summed E-state index contributed by atoms with van der Waals surface area (Å²) in [6.07, 6.45) is 10.2. The first kappa shape index (κ1) is 7.60. The Bertz CT molecular complexity index is 142. The van der Waals surface area contributed by atoms with Crippen molar-refractivity contribution in [3.8, 4) is 0 Å². The van der Waals surface area contributed by atoms with Crippen LogP contribution in [0.2, 0.25) is 0 Å². The number of rotatable bonds is 1. The summed E-state index contributed by atoms with van der Waals surface area (Å²) in [7, 11) is 0. The van der Waals surface area contributed by atoms with Gasteiger partial charge in [0.05, 0.1) is 11.7 Å². The molecule has 1 saturated carbocycles. The molecule has 0 aromatic rings. The van der Waals surface area contributed by atoms with Gasteiger partial charge in [-0.05, 0) is 19.3 Å². The molecule has 0 spiro atoms. The standard InChI is InChI=1S/C10H18O/c1-2-10-8-6-4-3-5-7-9(10)11-10/h9H,2-8H2,1H3. The third-order valence-electron chi connectivity index (χ3n) is 3.32. The van der Waals surface area contributed by atoms with Crippen molar-refractivity contribution >= 4 is 0 Å². The van der Waals surface area contributed by atoms with E-state index in [1.165, 1.54) is 44.9 Å². The highest BCUT2D eigenvalue weighted by molar-refractivity contribution is 5.01. The van der Waals surface area contributed by atoms with E-state index in [-0.39, 0.29) is 0 Å². The quantitative estimate of drug-likeness (QED) is 0.529. The minimum absolute atomic E-state index is 0.362.